The molecule has 0 saturated carbocycles. The molecule has 0 heterocycles. The molecule has 0 aliphatic carbocycles. The molecule has 6 nitrogen and oxygen atoms in total. The first-order valence-corrected chi connectivity index (χ1v) is 6.63. The molecule has 0 fully saturated rings. The Morgan fingerprint density at radius 2 is 2.00 bits per heavy atom. The van der Waals surface area contributed by atoms with Crippen LogP contribution >= 0.6 is 11.8 Å². The minimum atomic E-state index is -1.35. The molecule has 0 amide bonds. The third kappa shape index (κ3) is 7.63. The summed E-state index contributed by atoms with van der Waals surface area (Å²) in [6.45, 7) is 5.65. The Balaban J connectivity index is 4.28. The van der Waals surface area contributed by atoms with Gasteiger partial charge in [-0.05, 0) is 0 Å². The summed E-state index contributed by atoms with van der Waals surface area (Å²) in [6.07, 6.45) is 0.0116. The van der Waals surface area contributed by atoms with E-state index in [9.17, 15) is 14.4 Å². The van der Waals surface area contributed by atoms with Crippen LogP contribution in [0.2, 0.25) is 0 Å². The molecule has 0 aromatic rings. The van der Waals surface area contributed by atoms with Gasteiger partial charge in [0, 0.05) is 12.7 Å². The summed E-state index contributed by atoms with van der Waals surface area (Å²) in [5.41, 5.74) is 0. The van der Waals surface area contributed by atoms with Gasteiger partial charge in [0.05, 0.1) is 12.5 Å². The summed E-state index contributed by atoms with van der Waals surface area (Å²) in [5.74, 6) is -1.80. The molecule has 0 rings (SSSR count). The van der Waals surface area contributed by atoms with Gasteiger partial charge in [0.1, 0.15) is 6.61 Å². The second-order valence-electron chi connectivity index (χ2n) is 3.73. The molecule has 0 saturated heterocycles. The monoisotopic (exact) mass is 290 g/mol. The van der Waals surface area contributed by atoms with Gasteiger partial charge in [-0.2, -0.15) is 0 Å². The van der Waals surface area contributed by atoms with Gasteiger partial charge >= 0.3 is 11.9 Å². The first-order valence-electron chi connectivity index (χ1n) is 5.64. The van der Waals surface area contributed by atoms with E-state index in [1.807, 2.05) is 0 Å². The number of hydrogen-bond donors (Lipinski definition) is 1. The van der Waals surface area contributed by atoms with Crippen LogP contribution in [0.4, 0.5) is 0 Å². The second-order valence-corrected chi connectivity index (χ2v) is 4.93. The molecule has 0 aliphatic heterocycles. The Hall–Kier alpha value is -1.34. The predicted molar refractivity (Wildman–Crippen MR) is 70.4 cm³/mol. The maximum atomic E-state index is 11.6. The van der Waals surface area contributed by atoms with Gasteiger partial charge in [-0.25, -0.2) is 4.79 Å². The highest BCUT2D eigenvalue weighted by atomic mass is 32.2. The lowest BCUT2D eigenvalue weighted by molar-refractivity contribution is -0.171. The van der Waals surface area contributed by atoms with E-state index in [2.05, 4.69) is 11.3 Å². The van der Waals surface area contributed by atoms with Crippen LogP contribution in [0, 0.1) is 5.92 Å². The molecule has 0 aromatic carbocycles. The first-order chi connectivity index (χ1) is 8.92. The van der Waals surface area contributed by atoms with Crippen LogP contribution in [-0.4, -0.2) is 47.2 Å². The zero-order valence-corrected chi connectivity index (χ0v) is 11.8. The molecule has 0 aromatic heterocycles. The summed E-state index contributed by atoms with van der Waals surface area (Å²) in [5, 5.41) is 8.87. The summed E-state index contributed by atoms with van der Waals surface area (Å²) in [4.78, 5) is 33.8. The standard InChI is InChI=1S/C12H18O6S/c1-4-5-17-12(16)10(6-13)18-11(15)8(2)7-19-9(3)14/h4,8,10,13H,1,5-7H2,2-3H3/t8-,10+/m1/s1. The Kier molecular flexibility index (Phi) is 8.90. The molecule has 0 aliphatic rings. The summed E-state index contributed by atoms with van der Waals surface area (Å²) >= 11 is 0.993. The Labute approximate surface area is 116 Å². The van der Waals surface area contributed by atoms with Gasteiger partial charge in [-0.3, -0.25) is 9.59 Å². The number of esters is 2. The number of carbonyl (C=O) groups excluding carboxylic acids is 3. The van der Waals surface area contributed by atoms with Crippen molar-refractivity contribution in [3.8, 4) is 0 Å². The van der Waals surface area contributed by atoms with Gasteiger partial charge in [-0.15, -0.1) is 0 Å². The third-order valence-electron chi connectivity index (χ3n) is 1.97. The van der Waals surface area contributed by atoms with Crippen molar-refractivity contribution in [2.45, 2.75) is 20.0 Å². The zero-order valence-electron chi connectivity index (χ0n) is 11.0. The normalized spacial score (nSPS) is 13.2. The smallest absolute Gasteiger partial charge is 0.350 e. The van der Waals surface area contributed by atoms with E-state index in [0.29, 0.717) is 0 Å². The minimum absolute atomic E-state index is 0.0252. The maximum Gasteiger partial charge on any atom is 0.350 e. The highest BCUT2D eigenvalue weighted by Crippen LogP contribution is 2.12. The molecule has 19 heavy (non-hydrogen) atoms. The SMILES string of the molecule is C=CCOC(=O)[C@H](CO)OC(=O)[C@H](C)CSC(C)=O. The average Bonchev–Trinajstić information content (AvgIpc) is 2.38. The van der Waals surface area contributed by atoms with E-state index in [-0.39, 0.29) is 17.5 Å². The fraction of sp³-hybridized carbons (Fsp3) is 0.583. The molecule has 108 valence electrons. The molecule has 0 bridgehead atoms. The van der Waals surface area contributed by atoms with E-state index in [1.165, 1.54) is 13.0 Å². The average molecular weight is 290 g/mol. The van der Waals surface area contributed by atoms with Crippen LogP contribution in [0.25, 0.3) is 0 Å². The van der Waals surface area contributed by atoms with Crippen molar-refractivity contribution >= 4 is 28.8 Å². The van der Waals surface area contributed by atoms with Crippen LogP contribution in [0.15, 0.2) is 12.7 Å². The molecule has 7 heteroatoms. The number of ether oxygens (including phenoxy) is 2. The second kappa shape index (κ2) is 9.57. The summed E-state index contributed by atoms with van der Waals surface area (Å²) in [7, 11) is 0. The van der Waals surface area contributed by atoms with Gasteiger partial charge in [0.15, 0.2) is 5.12 Å². The van der Waals surface area contributed by atoms with Gasteiger partial charge in [0.25, 0.3) is 0 Å². The predicted octanol–water partition coefficient (Wildman–Crippen LogP) is 0.536. The summed E-state index contributed by atoms with van der Waals surface area (Å²) < 4.78 is 9.50. The zero-order chi connectivity index (χ0) is 14.8. The van der Waals surface area contributed by atoms with Gasteiger partial charge in [-0.1, -0.05) is 31.3 Å². The number of aliphatic hydroxyl groups excluding tert-OH is 1. The Bertz CT molecular complexity index is 341. The maximum absolute atomic E-state index is 11.6. The molecule has 0 spiro atoms. The first kappa shape index (κ1) is 17.7. The molecule has 1 N–H and O–H groups in total. The van der Waals surface area contributed by atoms with E-state index in [4.69, 9.17) is 9.84 Å². The van der Waals surface area contributed by atoms with Crippen molar-refractivity contribution in [2.24, 2.45) is 5.92 Å². The minimum Gasteiger partial charge on any atom is -0.459 e. The Morgan fingerprint density at radius 1 is 1.37 bits per heavy atom. The van der Waals surface area contributed by atoms with Crippen LogP contribution in [-0.2, 0) is 23.9 Å². The fourth-order valence-corrected chi connectivity index (χ4v) is 1.58. The molecular formula is C12H18O6S. The molecule has 0 unspecified atom stereocenters. The lowest BCUT2D eigenvalue weighted by Crippen LogP contribution is -2.34. The van der Waals surface area contributed by atoms with Crippen molar-refractivity contribution in [3.05, 3.63) is 12.7 Å². The van der Waals surface area contributed by atoms with Gasteiger partial charge < -0.3 is 14.6 Å². The number of aliphatic hydroxyl groups is 1. The molecule has 0 radical (unpaired) electrons. The van der Waals surface area contributed by atoms with Crippen LogP contribution < -0.4 is 0 Å². The highest BCUT2D eigenvalue weighted by molar-refractivity contribution is 8.13. The largest absolute Gasteiger partial charge is 0.459 e. The lowest BCUT2D eigenvalue weighted by atomic mass is 10.2. The quantitative estimate of drug-likeness (QED) is 0.515. The Morgan fingerprint density at radius 3 is 2.47 bits per heavy atom. The number of thioether (sulfide) groups is 1. The molecular weight excluding hydrogens is 272 g/mol. The van der Waals surface area contributed by atoms with Crippen molar-refractivity contribution < 1.29 is 29.0 Å². The number of hydrogen-bond acceptors (Lipinski definition) is 7. The topological polar surface area (TPSA) is 89.9 Å². The van der Waals surface area contributed by atoms with E-state index in [0.717, 1.165) is 11.8 Å². The van der Waals surface area contributed by atoms with Gasteiger partial charge in [0.2, 0.25) is 6.10 Å². The number of carbonyl (C=O) groups is 3. The van der Waals surface area contributed by atoms with Crippen LogP contribution in [0.1, 0.15) is 13.8 Å². The third-order valence-corrected chi connectivity index (χ3v) is 3.04. The van der Waals surface area contributed by atoms with Crippen molar-refractivity contribution in [1.29, 1.82) is 0 Å². The number of rotatable bonds is 8. The molecule has 2 atom stereocenters. The van der Waals surface area contributed by atoms with E-state index in [1.54, 1.807) is 6.92 Å². The van der Waals surface area contributed by atoms with E-state index >= 15 is 0 Å². The lowest BCUT2D eigenvalue weighted by Gasteiger charge is -2.16. The van der Waals surface area contributed by atoms with Crippen molar-refractivity contribution in [1.82, 2.24) is 0 Å². The van der Waals surface area contributed by atoms with E-state index < -0.39 is 30.6 Å². The summed E-state index contributed by atoms with van der Waals surface area (Å²) in [6, 6.07) is 0. The van der Waals surface area contributed by atoms with Crippen molar-refractivity contribution in [2.75, 3.05) is 19.0 Å². The highest BCUT2D eigenvalue weighted by Gasteiger charge is 2.26. The van der Waals surface area contributed by atoms with Crippen LogP contribution in [0.3, 0.4) is 0 Å². The van der Waals surface area contributed by atoms with Crippen molar-refractivity contribution in [3.63, 3.8) is 0 Å². The van der Waals surface area contributed by atoms with Crippen LogP contribution in [0.5, 0.6) is 0 Å². The fourth-order valence-electron chi connectivity index (χ4n) is 0.961.